The van der Waals surface area contributed by atoms with Gasteiger partial charge in [-0.15, -0.1) is 0 Å². The molecule has 1 rings (SSSR count). The number of nitrogens with one attached hydrogen (secondary N) is 1. The van der Waals surface area contributed by atoms with Crippen LogP contribution in [0.3, 0.4) is 0 Å². The monoisotopic (exact) mass is 291 g/mol. The van der Waals surface area contributed by atoms with Crippen molar-refractivity contribution in [1.82, 2.24) is 4.98 Å². The minimum atomic E-state index is 0.0839. The van der Waals surface area contributed by atoms with Crippen molar-refractivity contribution in [1.29, 1.82) is 0 Å². The van der Waals surface area contributed by atoms with Gasteiger partial charge in [0, 0.05) is 11.8 Å². The van der Waals surface area contributed by atoms with Crippen LogP contribution in [-0.4, -0.2) is 4.98 Å². The Morgan fingerprint density at radius 2 is 1.33 bits per heavy atom. The van der Waals surface area contributed by atoms with Crippen molar-refractivity contribution in [2.24, 2.45) is 0 Å². The second-order valence-electron chi connectivity index (χ2n) is 6.16. The normalized spacial score (nSPS) is 10.9. The van der Waals surface area contributed by atoms with E-state index >= 15 is 0 Å². The number of aromatic amines is 1. The van der Waals surface area contributed by atoms with Crippen molar-refractivity contribution < 1.29 is 0 Å². The number of aryl methyl sites for hydroxylation is 1. The molecule has 0 saturated heterocycles. The summed E-state index contributed by atoms with van der Waals surface area (Å²) in [7, 11) is 0. The molecule has 0 saturated carbocycles. The van der Waals surface area contributed by atoms with Crippen LogP contribution in [-0.2, 0) is 6.42 Å². The van der Waals surface area contributed by atoms with Gasteiger partial charge in [0.1, 0.15) is 0 Å². The summed E-state index contributed by atoms with van der Waals surface area (Å²) in [6.07, 6.45) is 19.0. The molecule has 1 aromatic heterocycles. The van der Waals surface area contributed by atoms with E-state index in [9.17, 15) is 4.79 Å². The summed E-state index contributed by atoms with van der Waals surface area (Å²) in [5.74, 6) is 0. The fraction of sp³-hybridized carbons (Fsp3) is 0.737. The third kappa shape index (κ3) is 9.49. The number of rotatable bonds is 13. The van der Waals surface area contributed by atoms with Crippen LogP contribution in [0.4, 0.5) is 0 Å². The topological polar surface area (TPSA) is 32.9 Å². The number of H-pyrrole nitrogens is 1. The molecule has 0 aromatic carbocycles. The van der Waals surface area contributed by atoms with E-state index in [4.69, 9.17) is 0 Å². The Balaban J connectivity index is 1.85. The fourth-order valence-electron chi connectivity index (χ4n) is 2.81. The number of unbranched alkanes of at least 4 members (excludes halogenated alkanes) is 11. The molecule has 21 heavy (non-hydrogen) atoms. The Bertz CT molecular complexity index is 397. The van der Waals surface area contributed by atoms with Crippen molar-refractivity contribution in [2.45, 2.75) is 90.4 Å². The van der Waals surface area contributed by atoms with Crippen LogP contribution < -0.4 is 5.56 Å². The first-order chi connectivity index (χ1) is 10.3. The second kappa shape index (κ2) is 12.7. The van der Waals surface area contributed by atoms with E-state index in [2.05, 4.69) is 11.9 Å². The Labute approximate surface area is 130 Å². The van der Waals surface area contributed by atoms with Gasteiger partial charge in [-0.2, -0.15) is 0 Å². The summed E-state index contributed by atoms with van der Waals surface area (Å²) in [6.45, 7) is 2.27. The Morgan fingerprint density at radius 1 is 0.810 bits per heavy atom. The van der Waals surface area contributed by atoms with E-state index < -0.39 is 0 Å². The van der Waals surface area contributed by atoms with Crippen molar-refractivity contribution in [2.75, 3.05) is 0 Å². The van der Waals surface area contributed by atoms with Gasteiger partial charge in [0.2, 0.25) is 0 Å². The summed E-state index contributed by atoms with van der Waals surface area (Å²) < 4.78 is 0. The largest absolute Gasteiger partial charge is 0.329 e. The van der Waals surface area contributed by atoms with Crippen LogP contribution in [0.1, 0.15) is 89.5 Å². The third-order valence-electron chi connectivity index (χ3n) is 4.20. The van der Waals surface area contributed by atoms with Crippen molar-refractivity contribution >= 4 is 0 Å². The van der Waals surface area contributed by atoms with E-state index in [1.165, 1.54) is 70.6 Å². The highest BCUT2D eigenvalue weighted by Crippen LogP contribution is 2.12. The molecule has 0 aliphatic heterocycles. The van der Waals surface area contributed by atoms with Crippen LogP contribution >= 0.6 is 0 Å². The zero-order chi connectivity index (χ0) is 15.2. The van der Waals surface area contributed by atoms with Crippen molar-refractivity contribution in [3.8, 4) is 0 Å². The fourth-order valence-corrected chi connectivity index (χ4v) is 2.81. The Kier molecular flexibility index (Phi) is 10.9. The van der Waals surface area contributed by atoms with E-state index in [-0.39, 0.29) is 5.56 Å². The SMILES string of the molecule is CCCCCCCCCCCCCCc1ccc[nH]c1=O. The van der Waals surface area contributed by atoms with Gasteiger partial charge in [0.25, 0.3) is 5.56 Å². The minimum Gasteiger partial charge on any atom is -0.329 e. The molecule has 2 nitrogen and oxygen atoms in total. The van der Waals surface area contributed by atoms with Crippen LogP contribution in [0.5, 0.6) is 0 Å². The van der Waals surface area contributed by atoms with Crippen LogP contribution in [0.15, 0.2) is 23.1 Å². The highest BCUT2D eigenvalue weighted by molar-refractivity contribution is 5.08. The lowest BCUT2D eigenvalue weighted by Crippen LogP contribution is -2.10. The maximum Gasteiger partial charge on any atom is 0.251 e. The van der Waals surface area contributed by atoms with Gasteiger partial charge < -0.3 is 4.98 Å². The maximum absolute atomic E-state index is 11.5. The molecule has 0 aliphatic rings. The smallest absolute Gasteiger partial charge is 0.251 e. The minimum absolute atomic E-state index is 0.0839. The van der Waals surface area contributed by atoms with Gasteiger partial charge in [-0.25, -0.2) is 0 Å². The molecule has 0 radical (unpaired) electrons. The van der Waals surface area contributed by atoms with Crippen LogP contribution in [0, 0.1) is 0 Å². The quantitative estimate of drug-likeness (QED) is 0.470. The summed E-state index contributed by atoms with van der Waals surface area (Å²) in [4.78, 5) is 14.2. The Morgan fingerprint density at radius 3 is 1.86 bits per heavy atom. The van der Waals surface area contributed by atoms with Gasteiger partial charge in [-0.05, 0) is 18.9 Å². The van der Waals surface area contributed by atoms with E-state index in [1.807, 2.05) is 12.1 Å². The molecule has 0 fully saturated rings. The average Bonchev–Trinajstić information content (AvgIpc) is 2.50. The summed E-state index contributed by atoms with van der Waals surface area (Å²) in [6, 6.07) is 3.86. The zero-order valence-corrected chi connectivity index (χ0v) is 13.8. The summed E-state index contributed by atoms with van der Waals surface area (Å²) in [5.41, 5.74) is 1.02. The molecular weight excluding hydrogens is 258 g/mol. The summed E-state index contributed by atoms with van der Waals surface area (Å²) >= 11 is 0. The van der Waals surface area contributed by atoms with Crippen LogP contribution in [0.2, 0.25) is 0 Å². The first-order valence-corrected chi connectivity index (χ1v) is 9.01. The lowest BCUT2D eigenvalue weighted by molar-refractivity contribution is 0.544. The number of pyridine rings is 1. The van der Waals surface area contributed by atoms with Crippen LogP contribution in [0.25, 0.3) is 0 Å². The first kappa shape index (κ1) is 18.0. The molecule has 0 atom stereocenters. The predicted molar refractivity (Wildman–Crippen MR) is 91.8 cm³/mol. The predicted octanol–water partition coefficient (Wildman–Crippen LogP) is 5.62. The van der Waals surface area contributed by atoms with Gasteiger partial charge in [-0.1, -0.05) is 83.6 Å². The molecule has 0 unspecified atom stereocenters. The molecule has 0 amide bonds. The molecule has 120 valence electrons. The lowest BCUT2D eigenvalue weighted by atomic mass is 10.0. The van der Waals surface area contributed by atoms with E-state index in [0.29, 0.717) is 0 Å². The van der Waals surface area contributed by atoms with Gasteiger partial charge >= 0.3 is 0 Å². The third-order valence-corrected chi connectivity index (χ3v) is 4.20. The summed E-state index contributed by atoms with van der Waals surface area (Å²) in [5, 5.41) is 0. The van der Waals surface area contributed by atoms with Gasteiger partial charge in [0.05, 0.1) is 0 Å². The molecule has 0 bridgehead atoms. The van der Waals surface area contributed by atoms with Gasteiger partial charge in [0.15, 0.2) is 0 Å². The molecule has 1 heterocycles. The highest BCUT2D eigenvalue weighted by atomic mass is 16.1. The maximum atomic E-state index is 11.5. The zero-order valence-electron chi connectivity index (χ0n) is 13.8. The molecule has 1 N–H and O–H groups in total. The first-order valence-electron chi connectivity index (χ1n) is 9.01. The van der Waals surface area contributed by atoms with Gasteiger partial charge in [-0.3, -0.25) is 4.79 Å². The molecule has 1 aromatic rings. The number of hydrogen-bond donors (Lipinski definition) is 1. The molecular formula is C19H33NO. The average molecular weight is 291 g/mol. The van der Waals surface area contributed by atoms with E-state index in [0.717, 1.165) is 18.4 Å². The van der Waals surface area contributed by atoms with Crippen molar-refractivity contribution in [3.05, 3.63) is 34.2 Å². The Hall–Kier alpha value is -1.05. The lowest BCUT2D eigenvalue weighted by Gasteiger charge is -2.03. The standard InChI is InChI=1S/C19H33NO/c1-2-3-4-5-6-7-8-9-10-11-12-13-15-18-16-14-17-20-19(18)21/h14,16-17H,2-13,15H2,1H3,(H,20,21). The number of aromatic nitrogens is 1. The highest BCUT2D eigenvalue weighted by Gasteiger charge is 1.98. The molecule has 2 heteroatoms. The second-order valence-corrected chi connectivity index (χ2v) is 6.16. The number of hydrogen-bond acceptors (Lipinski definition) is 1. The van der Waals surface area contributed by atoms with E-state index in [1.54, 1.807) is 6.20 Å². The van der Waals surface area contributed by atoms with Crippen molar-refractivity contribution in [3.63, 3.8) is 0 Å². The molecule has 0 spiro atoms. The molecule has 0 aliphatic carbocycles.